The van der Waals surface area contributed by atoms with E-state index in [1.165, 1.54) is 5.56 Å². The van der Waals surface area contributed by atoms with Crippen molar-refractivity contribution in [3.8, 4) is 11.1 Å². The lowest BCUT2D eigenvalue weighted by atomic mass is 10.0. The van der Waals surface area contributed by atoms with Crippen molar-refractivity contribution in [2.75, 3.05) is 0 Å². The molecule has 0 saturated heterocycles. The number of rotatable bonds is 3. The number of fused-ring (bicyclic) bond motifs is 1. The van der Waals surface area contributed by atoms with Gasteiger partial charge in [-0.05, 0) is 37.1 Å². The predicted molar refractivity (Wildman–Crippen MR) is 112 cm³/mol. The van der Waals surface area contributed by atoms with Crippen LogP contribution in [0.3, 0.4) is 0 Å². The van der Waals surface area contributed by atoms with Crippen molar-refractivity contribution < 1.29 is 0 Å². The fraction of sp³-hybridized carbons (Fsp3) is 0.143. The van der Waals surface area contributed by atoms with Crippen molar-refractivity contribution in [3.63, 3.8) is 0 Å². The van der Waals surface area contributed by atoms with Crippen LogP contribution in [-0.4, -0.2) is 9.55 Å². The van der Waals surface area contributed by atoms with E-state index in [2.05, 4.69) is 40.0 Å². The van der Waals surface area contributed by atoms with Crippen molar-refractivity contribution in [2.24, 2.45) is 0 Å². The summed E-state index contributed by atoms with van der Waals surface area (Å²) in [6.07, 6.45) is 1.66. The Labute approximate surface area is 164 Å². The van der Waals surface area contributed by atoms with E-state index in [1.807, 2.05) is 43.3 Å². The van der Waals surface area contributed by atoms with E-state index in [4.69, 9.17) is 0 Å². The average Bonchev–Trinajstić information content (AvgIpc) is 2.95. The molecule has 3 nitrogen and oxygen atoms in total. The Morgan fingerprint density at radius 1 is 1.12 bits per heavy atom. The van der Waals surface area contributed by atoms with Crippen molar-refractivity contribution in [1.82, 2.24) is 9.55 Å². The molecule has 0 bridgehead atoms. The summed E-state index contributed by atoms with van der Waals surface area (Å²) in [6, 6.07) is 16.3. The van der Waals surface area contributed by atoms with Gasteiger partial charge in [0.1, 0.15) is 4.83 Å². The van der Waals surface area contributed by atoms with Crippen LogP contribution in [0.4, 0.5) is 0 Å². The number of hydrogen-bond acceptors (Lipinski definition) is 3. The minimum atomic E-state index is 0.0128. The maximum Gasteiger partial charge on any atom is 0.263 e. The summed E-state index contributed by atoms with van der Waals surface area (Å²) in [6.45, 7) is 4.63. The molecule has 2 aromatic heterocycles. The van der Waals surface area contributed by atoms with Crippen LogP contribution in [0.2, 0.25) is 0 Å². The van der Waals surface area contributed by atoms with E-state index in [-0.39, 0.29) is 5.56 Å². The van der Waals surface area contributed by atoms with Gasteiger partial charge >= 0.3 is 0 Å². The van der Waals surface area contributed by atoms with Crippen molar-refractivity contribution in [1.29, 1.82) is 0 Å². The van der Waals surface area contributed by atoms with Crippen LogP contribution >= 0.6 is 27.3 Å². The highest BCUT2D eigenvalue weighted by molar-refractivity contribution is 9.10. The first-order chi connectivity index (χ1) is 12.5. The molecule has 0 unspecified atom stereocenters. The van der Waals surface area contributed by atoms with Gasteiger partial charge in [-0.15, -0.1) is 11.3 Å². The number of aromatic nitrogens is 2. The molecule has 0 aliphatic carbocycles. The molecule has 0 fully saturated rings. The average molecular weight is 425 g/mol. The maximum atomic E-state index is 13.2. The highest BCUT2D eigenvalue weighted by Crippen LogP contribution is 2.35. The summed E-state index contributed by atoms with van der Waals surface area (Å²) in [5, 5.41) is 0.713. The summed E-state index contributed by atoms with van der Waals surface area (Å²) in [5.41, 5.74) is 4.34. The Morgan fingerprint density at radius 3 is 2.62 bits per heavy atom. The molecule has 0 saturated carbocycles. The summed E-state index contributed by atoms with van der Waals surface area (Å²) >= 11 is 5.04. The first-order valence-electron chi connectivity index (χ1n) is 8.33. The second-order valence-electron chi connectivity index (χ2n) is 6.39. The normalized spacial score (nSPS) is 11.2. The third-order valence-corrected chi connectivity index (χ3v) is 5.96. The van der Waals surface area contributed by atoms with E-state index in [0.717, 1.165) is 30.9 Å². The number of halogens is 1. The Kier molecular flexibility index (Phi) is 4.51. The van der Waals surface area contributed by atoms with E-state index >= 15 is 0 Å². The molecule has 0 aliphatic rings. The van der Waals surface area contributed by atoms with Gasteiger partial charge < -0.3 is 0 Å². The zero-order valence-electron chi connectivity index (χ0n) is 14.5. The standard InChI is InChI=1S/C21H17BrN2OS/c1-13-4-3-5-15(10-13)11-24-12-23-20-19(21(24)25)18(14(2)26-20)16-6-8-17(22)9-7-16/h3-10,12H,11H2,1-2H3. The van der Waals surface area contributed by atoms with Crippen molar-refractivity contribution >= 4 is 37.5 Å². The predicted octanol–water partition coefficient (Wildman–Crippen LogP) is 5.55. The first kappa shape index (κ1) is 17.2. The van der Waals surface area contributed by atoms with E-state index < -0.39 is 0 Å². The largest absolute Gasteiger partial charge is 0.294 e. The van der Waals surface area contributed by atoms with Crippen molar-refractivity contribution in [2.45, 2.75) is 20.4 Å². The lowest BCUT2D eigenvalue weighted by molar-refractivity contribution is 0.749. The number of thiophene rings is 1. The van der Waals surface area contributed by atoms with Gasteiger partial charge in [-0.2, -0.15) is 0 Å². The summed E-state index contributed by atoms with van der Waals surface area (Å²) in [4.78, 5) is 19.7. The van der Waals surface area contributed by atoms with Crippen LogP contribution in [0.25, 0.3) is 21.3 Å². The van der Waals surface area contributed by atoms with Crippen molar-refractivity contribution in [3.05, 3.63) is 85.7 Å². The number of benzene rings is 2. The number of hydrogen-bond donors (Lipinski definition) is 0. The Bertz CT molecular complexity index is 1160. The molecule has 4 aromatic rings. The highest BCUT2D eigenvalue weighted by atomic mass is 79.9. The summed E-state index contributed by atoms with van der Waals surface area (Å²) < 4.78 is 2.72. The Balaban J connectivity index is 1.88. The van der Waals surface area contributed by atoms with Crippen LogP contribution in [0, 0.1) is 13.8 Å². The fourth-order valence-electron chi connectivity index (χ4n) is 3.22. The zero-order valence-corrected chi connectivity index (χ0v) is 16.9. The second-order valence-corrected chi connectivity index (χ2v) is 8.51. The third-order valence-electron chi connectivity index (χ3n) is 4.42. The topological polar surface area (TPSA) is 34.9 Å². The molecule has 26 heavy (non-hydrogen) atoms. The van der Waals surface area contributed by atoms with Gasteiger partial charge in [0.05, 0.1) is 18.3 Å². The molecule has 4 rings (SSSR count). The molecule has 2 aromatic carbocycles. The SMILES string of the molecule is Cc1cccc(Cn2cnc3sc(C)c(-c4ccc(Br)cc4)c3c2=O)c1. The van der Waals surface area contributed by atoms with E-state index in [9.17, 15) is 4.79 Å². The van der Waals surface area contributed by atoms with Gasteiger partial charge in [0, 0.05) is 14.9 Å². The molecule has 130 valence electrons. The minimum absolute atomic E-state index is 0.0128. The van der Waals surface area contributed by atoms with Crippen LogP contribution in [0.1, 0.15) is 16.0 Å². The molecule has 0 N–H and O–H groups in total. The van der Waals surface area contributed by atoms with Gasteiger partial charge in [-0.25, -0.2) is 4.98 Å². The zero-order chi connectivity index (χ0) is 18.3. The minimum Gasteiger partial charge on any atom is -0.294 e. The lowest BCUT2D eigenvalue weighted by Gasteiger charge is -2.07. The molecule has 0 spiro atoms. The number of nitrogens with zero attached hydrogens (tertiary/aromatic N) is 2. The molecule has 0 amide bonds. The molecule has 5 heteroatoms. The molecule has 0 atom stereocenters. The monoisotopic (exact) mass is 424 g/mol. The quantitative estimate of drug-likeness (QED) is 0.431. The summed E-state index contributed by atoms with van der Waals surface area (Å²) in [5.74, 6) is 0. The maximum absolute atomic E-state index is 13.2. The van der Waals surface area contributed by atoms with Gasteiger partial charge in [0.2, 0.25) is 0 Å². The molecule has 2 heterocycles. The van der Waals surface area contributed by atoms with E-state index in [1.54, 1.807) is 22.2 Å². The van der Waals surface area contributed by atoms with Crippen LogP contribution in [0.5, 0.6) is 0 Å². The van der Waals surface area contributed by atoms with Crippen LogP contribution in [0.15, 0.2) is 64.1 Å². The van der Waals surface area contributed by atoms with Gasteiger partial charge in [0.15, 0.2) is 0 Å². The van der Waals surface area contributed by atoms with Gasteiger partial charge in [-0.1, -0.05) is 57.9 Å². The molecule has 0 aliphatic heterocycles. The highest BCUT2D eigenvalue weighted by Gasteiger charge is 2.17. The summed E-state index contributed by atoms with van der Waals surface area (Å²) in [7, 11) is 0. The third kappa shape index (κ3) is 3.13. The smallest absolute Gasteiger partial charge is 0.263 e. The second kappa shape index (κ2) is 6.82. The van der Waals surface area contributed by atoms with Gasteiger partial charge in [0.25, 0.3) is 5.56 Å². The lowest BCUT2D eigenvalue weighted by Crippen LogP contribution is -2.21. The fourth-order valence-corrected chi connectivity index (χ4v) is 4.49. The van der Waals surface area contributed by atoms with E-state index in [0.29, 0.717) is 11.9 Å². The Morgan fingerprint density at radius 2 is 1.88 bits per heavy atom. The van der Waals surface area contributed by atoms with Crippen LogP contribution < -0.4 is 5.56 Å². The molecular weight excluding hydrogens is 408 g/mol. The van der Waals surface area contributed by atoms with Gasteiger partial charge in [-0.3, -0.25) is 9.36 Å². The van der Waals surface area contributed by atoms with Crippen LogP contribution in [-0.2, 0) is 6.54 Å². The number of aryl methyl sites for hydroxylation is 2. The molecule has 0 radical (unpaired) electrons. The Hall–Kier alpha value is -2.24. The molecular formula is C21H17BrN2OS. The first-order valence-corrected chi connectivity index (χ1v) is 9.94.